The Morgan fingerprint density at radius 1 is 1.30 bits per heavy atom. The van der Waals surface area contributed by atoms with Gasteiger partial charge in [0.25, 0.3) is 0 Å². The first-order valence-corrected chi connectivity index (χ1v) is 7.22. The van der Waals surface area contributed by atoms with Crippen molar-refractivity contribution in [3.05, 3.63) is 17.3 Å². The lowest BCUT2D eigenvalue weighted by Gasteiger charge is -2.13. The Labute approximate surface area is 119 Å². The minimum atomic E-state index is -0.459. The van der Waals surface area contributed by atoms with Crippen LogP contribution < -0.4 is 0 Å². The third kappa shape index (κ3) is 2.59. The zero-order valence-electron chi connectivity index (χ0n) is 12.8. The third-order valence-corrected chi connectivity index (χ3v) is 4.10. The largest absolute Gasteiger partial charge is 0.463 e. The van der Waals surface area contributed by atoms with E-state index < -0.39 is 5.97 Å². The first-order valence-electron chi connectivity index (χ1n) is 7.22. The van der Waals surface area contributed by atoms with E-state index in [2.05, 4.69) is 18.8 Å². The summed E-state index contributed by atoms with van der Waals surface area (Å²) in [5.74, 6) is 0.767. The Bertz CT molecular complexity index is 482. The van der Waals surface area contributed by atoms with E-state index in [-0.39, 0.29) is 23.9 Å². The van der Waals surface area contributed by atoms with E-state index in [1.54, 1.807) is 0 Å². The standard InChI is InChI=1S/C15H23NO4/c1-6-7-11-13(15(17)18-5)20-14(16-11)12-8(2)9(3)19-10(12)4/h8-10,12H,6-7H2,1-5H3. The molecule has 0 saturated carbocycles. The first-order chi connectivity index (χ1) is 9.49. The number of ether oxygens (including phenoxy) is 2. The number of rotatable bonds is 4. The number of methoxy groups -OCH3 is 1. The number of aryl methyl sites for hydroxylation is 1. The lowest BCUT2D eigenvalue weighted by Crippen LogP contribution is -2.15. The highest BCUT2D eigenvalue weighted by Crippen LogP contribution is 2.40. The number of hydrogen-bond donors (Lipinski definition) is 0. The molecule has 0 bridgehead atoms. The van der Waals surface area contributed by atoms with Gasteiger partial charge in [-0.3, -0.25) is 0 Å². The number of oxazole rings is 1. The molecule has 2 heterocycles. The van der Waals surface area contributed by atoms with Gasteiger partial charge in [0, 0.05) is 0 Å². The summed E-state index contributed by atoms with van der Waals surface area (Å²) < 4.78 is 16.3. The average molecular weight is 281 g/mol. The van der Waals surface area contributed by atoms with Gasteiger partial charge in [-0.25, -0.2) is 9.78 Å². The van der Waals surface area contributed by atoms with E-state index >= 15 is 0 Å². The van der Waals surface area contributed by atoms with Crippen LogP contribution in [-0.4, -0.2) is 30.3 Å². The lowest BCUT2D eigenvalue weighted by molar-refractivity contribution is 0.0524. The van der Waals surface area contributed by atoms with Crippen LogP contribution in [-0.2, 0) is 15.9 Å². The van der Waals surface area contributed by atoms with E-state index in [1.165, 1.54) is 7.11 Å². The zero-order valence-corrected chi connectivity index (χ0v) is 12.8. The molecule has 0 N–H and O–H groups in total. The minimum Gasteiger partial charge on any atom is -0.463 e. The molecule has 1 aliphatic heterocycles. The van der Waals surface area contributed by atoms with Crippen LogP contribution in [0.25, 0.3) is 0 Å². The molecule has 0 spiro atoms. The van der Waals surface area contributed by atoms with E-state index in [1.807, 2.05) is 13.8 Å². The Balaban J connectivity index is 2.35. The van der Waals surface area contributed by atoms with Crippen LogP contribution in [0.4, 0.5) is 0 Å². The van der Waals surface area contributed by atoms with Crippen molar-refractivity contribution in [3.63, 3.8) is 0 Å². The molecule has 5 nitrogen and oxygen atoms in total. The van der Waals surface area contributed by atoms with Gasteiger partial charge in [0.05, 0.1) is 30.9 Å². The molecule has 1 aromatic heterocycles. The Hall–Kier alpha value is -1.36. The molecule has 1 fully saturated rings. The average Bonchev–Trinajstić information content (AvgIpc) is 2.91. The molecule has 4 unspecified atom stereocenters. The summed E-state index contributed by atoms with van der Waals surface area (Å²) in [6, 6.07) is 0. The topological polar surface area (TPSA) is 61.6 Å². The van der Waals surface area contributed by atoms with Gasteiger partial charge >= 0.3 is 5.97 Å². The summed E-state index contributed by atoms with van der Waals surface area (Å²) in [6.45, 7) is 8.24. The Kier molecular flexibility index (Phi) is 4.48. The van der Waals surface area contributed by atoms with Crippen molar-refractivity contribution in [1.29, 1.82) is 0 Å². The van der Waals surface area contributed by atoms with Gasteiger partial charge in [0.1, 0.15) is 0 Å². The quantitative estimate of drug-likeness (QED) is 0.794. The second-order valence-electron chi connectivity index (χ2n) is 5.50. The normalized spacial score (nSPS) is 29.6. The Morgan fingerprint density at radius 3 is 2.50 bits per heavy atom. The molecule has 0 aliphatic carbocycles. The molecular weight excluding hydrogens is 258 g/mol. The van der Waals surface area contributed by atoms with Gasteiger partial charge in [0.15, 0.2) is 0 Å². The molecular formula is C15H23NO4. The summed E-state index contributed by atoms with van der Waals surface area (Å²) in [5, 5.41) is 0. The van der Waals surface area contributed by atoms with Crippen molar-refractivity contribution in [2.75, 3.05) is 7.11 Å². The minimum absolute atomic E-state index is 0.0404. The maximum Gasteiger partial charge on any atom is 0.375 e. The van der Waals surface area contributed by atoms with Crippen molar-refractivity contribution in [2.45, 2.75) is 58.7 Å². The molecule has 0 radical (unpaired) electrons. The van der Waals surface area contributed by atoms with Crippen LogP contribution in [0.5, 0.6) is 0 Å². The number of aromatic nitrogens is 1. The smallest absolute Gasteiger partial charge is 0.375 e. The number of hydrogen-bond acceptors (Lipinski definition) is 5. The van der Waals surface area contributed by atoms with E-state index in [9.17, 15) is 4.79 Å². The summed E-state index contributed by atoms with van der Waals surface area (Å²) in [7, 11) is 1.35. The predicted octanol–water partition coefficient (Wildman–Crippen LogP) is 2.94. The van der Waals surface area contributed by atoms with Gasteiger partial charge in [0.2, 0.25) is 11.7 Å². The van der Waals surface area contributed by atoms with Crippen LogP contribution >= 0.6 is 0 Å². The van der Waals surface area contributed by atoms with Crippen LogP contribution in [0, 0.1) is 5.92 Å². The van der Waals surface area contributed by atoms with E-state index in [0.717, 1.165) is 6.42 Å². The molecule has 2 rings (SSSR count). The fraction of sp³-hybridized carbons (Fsp3) is 0.733. The molecule has 112 valence electrons. The summed E-state index contributed by atoms with van der Waals surface area (Å²) in [6.07, 6.45) is 1.81. The predicted molar refractivity (Wildman–Crippen MR) is 73.8 cm³/mol. The van der Waals surface area contributed by atoms with Crippen molar-refractivity contribution < 1.29 is 18.7 Å². The summed E-state index contributed by atoms with van der Waals surface area (Å²) >= 11 is 0. The van der Waals surface area contributed by atoms with E-state index in [4.69, 9.17) is 13.9 Å². The third-order valence-electron chi connectivity index (χ3n) is 4.10. The molecule has 1 aliphatic rings. The number of esters is 1. The molecule has 4 atom stereocenters. The molecule has 0 amide bonds. The molecule has 1 saturated heterocycles. The van der Waals surface area contributed by atoms with Crippen molar-refractivity contribution >= 4 is 5.97 Å². The molecule has 20 heavy (non-hydrogen) atoms. The second kappa shape index (κ2) is 5.95. The van der Waals surface area contributed by atoms with Crippen LogP contribution in [0.3, 0.4) is 0 Å². The highest BCUT2D eigenvalue weighted by Gasteiger charge is 2.41. The second-order valence-corrected chi connectivity index (χ2v) is 5.50. The fourth-order valence-electron chi connectivity index (χ4n) is 2.86. The first kappa shape index (κ1) is 15.0. The van der Waals surface area contributed by atoms with Gasteiger partial charge in [-0.1, -0.05) is 20.3 Å². The number of carbonyl (C=O) groups is 1. The molecule has 1 aromatic rings. The lowest BCUT2D eigenvalue weighted by atomic mass is 9.89. The van der Waals surface area contributed by atoms with Crippen LogP contribution in [0.15, 0.2) is 4.42 Å². The highest BCUT2D eigenvalue weighted by atomic mass is 16.5. The van der Waals surface area contributed by atoms with Crippen molar-refractivity contribution in [3.8, 4) is 0 Å². The van der Waals surface area contributed by atoms with Gasteiger partial charge in [-0.05, 0) is 26.2 Å². The molecule has 5 heteroatoms. The monoisotopic (exact) mass is 281 g/mol. The van der Waals surface area contributed by atoms with Crippen LogP contribution in [0.1, 0.15) is 62.2 Å². The number of nitrogens with zero attached hydrogens (tertiary/aromatic N) is 1. The van der Waals surface area contributed by atoms with E-state index in [0.29, 0.717) is 23.9 Å². The molecule has 0 aromatic carbocycles. The number of carbonyl (C=O) groups excluding carboxylic acids is 1. The van der Waals surface area contributed by atoms with Gasteiger partial charge in [-0.2, -0.15) is 0 Å². The summed E-state index contributed by atoms with van der Waals surface area (Å²) in [4.78, 5) is 16.3. The fourth-order valence-corrected chi connectivity index (χ4v) is 2.86. The maximum atomic E-state index is 11.8. The van der Waals surface area contributed by atoms with Gasteiger partial charge < -0.3 is 13.9 Å². The maximum absolute atomic E-state index is 11.8. The van der Waals surface area contributed by atoms with Crippen LogP contribution in [0.2, 0.25) is 0 Å². The highest BCUT2D eigenvalue weighted by molar-refractivity contribution is 5.87. The van der Waals surface area contributed by atoms with Crippen molar-refractivity contribution in [2.24, 2.45) is 5.92 Å². The summed E-state index contributed by atoms with van der Waals surface area (Å²) in [5.41, 5.74) is 0.688. The van der Waals surface area contributed by atoms with Gasteiger partial charge in [-0.15, -0.1) is 0 Å². The zero-order chi connectivity index (χ0) is 14.9. The SMILES string of the molecule is CCCc1nc(C2C(C)OC(C)C2C)oc1C(=O)OC. The van der Waals surface area contributed by atoms with Crippen molar-refractivity contribution in [1.82, 2.24) is 4.98 Å². The Morgan fingerprint density at radius 2 is 2.00 bits per heavy atom.